The molecule has 3 aromatic carbocycles. The number of hydrogen-bond acceptors (Lipinski definition) is 0. The Hall–Kier alpha value is -1.05. The van der Waals surface area contributed by atoms with Gasteiger partial charge in [-0.05, 0) is 0 Å². The molecular weight excluding hydrogens is 707 g/mol. The summed E-state index contributed by atoms with van der Waals surface area (Å²) in [7, 11) is -1.37. The van der Waals surface area contributed by atoms with Crippen molar-refractivity contribution in [1.29, 1.82) is 0 Å². The van der Waals surface area contributed by atoms with Gasteiger partial charge in [-0.15, -0.1) is 0 Å². The fraction of sp³-hybridized carbons (Fsp3) is 0.512. The molecule has 0 spiro atoms. The molecule has 0 bridgehead atoms. The van der Waals surface area contributed by atoms with Crippen molar-refractivity contribution in [2.75, 3.05) is 0 Å². The Morgan fingerprint density at radius 3 is 2.06 bits per heavy atom. The number of allylic oxidation sites excluding steroid dienone is 4. The second kappa shape index (κ2) is 13.2. The normalized spacial score (nSPS) is 26.3. The maximum absolute atomic E-state index is 2.84. The first-order valence-electron chi connectivity index (χ1n) is 18.1. The number of halogens is 2. The minimum atomic E-state index is -2.42. The number of fused-ring (bicyclic) bond motifs is 8. The first-order chi connectivity index (χ1) is 21.3. The molecule has 47 heavy (non-hydrogen) atoms. The Balaban J connectivity index is 0.00000217. The van der Waals surface area contributed by atoms with Gasteiger partial charge in [-0.1, -0.05) is 0 Å². The van der Waals surface area contributed by atoms with Crippen LogP contribution in [0.3, 0.4) is 0 Å². The van der Waals surface area contributed by atoms with E-state index in [1.54, 1.807) is 32.8 Å². The second-order valence-corrected chi connectivity index (χ2v) is 29.5. The average molecular weight is 763 g/mol. The van der Waals surface area contributed by atoms with E-state index < -0.39 is 29.3 Å². The molecule has 0 radical (unpaired) electrons. The van der Waals surface area contributed by atoms with Gasteiger partial charge in [0, 0.05) is 0 Å². The molecule has 0 aliphatic heterocycles. The summed E-state index contributed by atoms with van der Waals surface area (Å²) in [5.41, 5.74) is 14.5. The zero-order chi connectivity index (χ0) is 32.2. The molecule has 5 unspecified atom stereocenters. The number of benzene rings is 3. The summed E-state index contributed by atoms with van der Waals surface area (Å²) >= 11 is -2.42. The third kappa shape index (κ3) is 5.49. The largest absolute Gasteiger partial charge is 1.00 e. The molecule has 0 aromatic heterocycles. The number of rotatable bonds is 3. The van der Waals surface area contributed by atoms with E-state index in [0.29, 0.717) is 23.7 Å². The molecule has 1 saturated carbocycles. The van der Waals surface area contributed by atoms with Crippen LogP contribution >= 0.6 is 0 Å². The van der Waals surface area contributed by atoms with Crippen molar-refractivity contribution in [1.82, 2.24) is 0 Å². The van der Waals surface area contributed by atoms with Crippen LogP contribution in [0.1, 0.15) is 124 Å². The molecule has 5 atom stereocenters. The summed E-state index contributed by atoms with van der Waals surface area (Å²) in [6.07, 6.45) is 13.8. The van der Waals surface area contributed by atoms with E-state index in [9.17, 15) is 0 Å². The molecule has 0 heterocycles. The van der Waals surface area contributed by atoms with Crippen LogP contribution in [0.4, 0.5) is 0 Å². The fourth-order valence-electron chi connectivity index (χ4n) is 10.4. The first kappa shape index (κ1) is 37.2. The van der Waals surface area contributed by atoms with Crippen LogP contribution in [0.5, 0.6) is 0 Å². The van der Waals surface area contributed by atoms with E-state index in [-0.39, 0.29) is 27.9 Å². The van der Waals surface area contributed by atoms with Crippen LogP contribution in [0.15, 0.2) is 51.0 Å². The second-order valence-electron chi connectivity index (χ2n) is 16.7. The summed E-state index contributed by atoms with van der Waals surface area (Å²) in [5, 5.41) is 4.79. The molecule has 4 aliphatic rings. The molecule has 3 aromatic rings. The van der Waals surface area contributed by atoms with E-state index in [4.69, 9.17) is 0 Å². The summed E-state index contributed by atoms with van der Waals surface area (Å²) in [5.74, 6) is 2.34. The Bertz CT molecular complexity index is 1850. The smallest absolute Gasteiger partial charge is 1.00 e. The molecule has 7 rings (SSSR count). The van der Waals surface area contributed by atoms with Crippen LogP contribution in [0.2, 0.25) is 19.6 Å². The predicted molar refractivity (Wildman–Crippen MR) is 197 cm³/mol. The molecule has 1 fully saturated rings. The van der Waals surface area contributed by atoms with E-state index in [1.165, 1.54) is 66.2 Å². The van der Waals surface area contributed by atoms with Gasteiger partial charge in [0.05, 0.1) is 0 Å². The van der Waals surface area contributed by atoms with Crippen LogP contribution < -0.4 is 24.8 Å². The van der Waals surface area contributed by atoms with Crippen molar-refractivity contribution in [3.05, 3.63) is 89.9 Å². The van der Waals surface area contributed by atoms with E-state index >= 15 is 0 Å². The first-order valence-corrected chi connectivity index (χ1v) is 25.3. The van der Waals surface area contributed by atoms with Crippen molar-refractivity contribution in [3.63, 3.8) is 0 Å². The molecule has 250 valence electrons. The van der Waals surface area contributed by atoms with Crippen molar-refractivity contribution >= 4 is 22.1 Å². The predicted octanol–water partition coefficient (Wildman–Crippen LogP) is 6.36. The van der Waals surface area contributed by atoms with Gasteiger partial charge in [0.2, 0.25) is 0 Å². The Labute approximate surface area is 307 Å². The number of hydrogen-bond donors (Lipinski definition) is 0. The fourth-order valence-corrected chi connectivity index (χ4v) is 23.3. The maximum atomic E-state index is 2.84. The summed E-state index contributed by atoms with van der Waals surface area (Å²) in [6, 6.07) is 12.2. The van der Waals surface area contributed by atoms with Crippen molar-refractivity contribution in [2.24, 2.45) is 11.8 Å². The van der Waals surface area contributed by atoms with Gasteiger partial charge in [0.1, 0.15) is 0 Å². The van der Waals surface area contributed by atoms with Crippen LogP contribution in [-0.4, -0.2) is 11.3 Å². The number of aryl methyl sites for hydroxylation is 1. The van der Waals surface area contributed by atoms with E-state index in [2.05, 4.69) is 121 Å². The van der Waals surface area contributed by atoms with Crippen molar-refractivity contribution in [2.45, 2.75) is 129 Å². The zero-order valence-corrected chi connectivity index (χ0v) is 35.8. The summed E-state index contributed by atoms with van der Waals surface area (Å²) in [4.78, 5) is 0. The zero-order valence-electron chi connectivity index (χ0n) is 30.8. The minimum Gasteiger partial charge on any atom is -1.00 e. The van der Waals surface area contributed by atoms with Gasteiger partial charge < -0.3 is 24.8 Å². The Kier molecular flexibility index (Phi) is 10.5. The van der Waals surface area contributed by atoms with E-state index in [0.717, 1.165) is 0 Å². The monoisotopic (exact) mass is 760 g/mol. The van der Waals surface area contributed by atoms with Gasteiger partial charge in [-0.25, -0.2) is 0 Å². The van der Waals surface area contributed by atoms with Gasteiger partial charge in [0.25, 0.3) is 0 Å². The molecule has 0 nitrogen and oxygen atoms in total. The molecule has 0 amide bonds. The maximum Gasteiger partial charge on any atom is -1.00 e. The van der Waals surface area contributed by atoms with Crippen LogP contribution in [-0.2, 0) is 24.4 Å². The Morgan fingerprint density at radius 1 is 0.809 bits per heavy atom. The van der Waals surface area contributed by atoms with Gasteiger partial charge in [0.15, 0.2) is 0 Å². The molecule has 4 aliphatic carbocycles. The standard InChI is InChI=1S/C29H33.C8H13Si.C6H10.2ClH.Zr/c1-14-13-24-25(18(5)15(14)2)21(8)28-27-20(7)17(4)16(3)19(6)26(27)22-11-9-10-12-23(22)29(24)28;1-9(2,3)8-6-4-5-7-8;1-2-4-6-5-3-1;;;/h9-13,16-17,19,21H,1-8H3;6-7H,4H2,1-3H3;1-5H2;2*1H;/q;;;;;+2/p-2. The van der Waals surface area contributed by atoms with Gasteiger partial charge >= 0.3 is 285 Å². The van der Waals surface area contributed by atoms with Crippen molar-refractivity contribution in [3.8, 4) is 11.1 Å². The van der Waals surface area contributed by atoms with Crippen LogP contribution in [0, 0.1) is 32.6 Å². The SMILES string of the molecule is Cc1cc2c(c(C)c1C)C(C)c1c3c(c4ccccc4c1-2)C(C)C(C)C(C)[C]3(C)[Zr+2]([C]1=CC([Si](C)(C)C)=CC1)=[C]1CCCCC1.[Cl-].[Cl-]. The van der Waals surface area contributed by atoms with Gasteiger partial charge in [-0.3, -0.25) is 0 Å². The van der Waals surface area contributed by atoms with Crippen LogP contribution in [0.25, 0.3) is 21.9 Å². The average Bonchev–Trinajstić information content (AvgIpc) is 3.61. The third-order valence-electron chi connectivity index (χ3n) is 13.5. The quantitative estimate of drug-likeness (QED) is 0.273. The third-order valence-corrected chi connectivity index (χ3v) is 25.3. The summed E-state index contributed by atoms with van der Waals surface area (Å²) < 4.78 is 4.24. The van der Waals surface area contributed by atoms with E-state index in [1.807, 2.05) is 8.84 Å². The molecule has 0 N–H and O–H groups in total. The minimum absolute atomic E-state index is 0. The summed E-state index contributed by atoms with van der Waals surface area (Å²) in [6.45, 7) is 28.1. The molecule has 0 saturated heterocycles. The topological polar surface area (TPSA) is 0 Å². The van der Waals surface area contributed by atoms with Crippen molar-refractivity contribution < 1.29 is 46.1 Å². The molecular formula is C43H56Cl2SiZr. The van der Waals surface area contributed by atoms with Gasteiger partial charge in [-0.2, -0.15) is 0 Å². The Morgan fingerprint density at radius 2 is 1.45 bits per heavy atom. The molecule has 4 heteroatoms.